The van der Waals surface area contributed by atoms with Gasteiger partial charge < -0.3 is 16.0 Å². The summed E-state index contributed by atoms with van der Waals surface area (Å²) >= 11 is 0. The molecule has 0 amide bonds. The molecule has 0 aromatic heterocycles. The van der Waals surface area contributed by atoms with Gasteiger partial charge in [0.05, 0.1) is 0 Å². The lowest BCUT2D eigenvalue weighted by Crippen LogP contribution is -2.27. The fourth-order valence-corrected chi connectivity index (χ4v) is 2.79. The monoisotopic (exact) mass is 283 g/mol. The van der Waals surface area contributed by atoms with Crippen molar-refractivity contribution in [1.29, 1.82) is 0 Å². The highest BCUT2D eigenvalue weighted by Crippen LogP contribution is 2.08. The first kappa shape index (κ1) is 17.9. The van der Waals surface area contributed by atoms with Crippen LogP contribution in [0.5, 0.6) is 0 Å². The van der Waals surface area contributed by atoms with Gasteiger partial charge in [-0.3, -0.25) is 0 Å². The van der Waals surface area contributed by atoms with E-state index in [1.54, 1.807) is 0 Å². The SMILES string of the molecule is CC1CCCNC1.CC1CCNC1.CC1CCNCC1. The maximum atomic E-state index is 3.33. The molecule has 3 heterocycles. The zero-order valence-electron chi connectivity index (χ0n) is 14.0. The summed E-state index contributed by atoms with van der Waals surface area (Å²) in [4.78, 5) is 0. The number of nitrogens with one attached hydrogen (secondary N) is 3. The van der Waals surface area contributed by atoms with Gasteiger partial charge in [0.2, 0.25) is 0 Å². The largest absolute Gasteiger partial charge is 0.317 e. The Kier molecular flexibility index (Phi) is 10.3. The summed E-state index contributed by atoms with van der Waals surface area (Å²) in [7, 11) is 0. The number of rotatable bonds is 0. The van der Waals surface area contributed by atoms with Crippen molar-refractivity contribution >= 4 is 0 Å². The highest BCUT2D eigenvalue weighted by Gasteiger charge is 2.06. The normalized spacial score (nSPS) is 30.8. The molecular weight excluding hydrogens is 246 g/mol. The van der Waals surface area contributed by atoms with Crippen LogP contribution in [0.25, 0.3) is 0 Å². The van der Waals surface area contributed by atoms with E-state index in [4.69, 9.17) is 0 Å². The first-order valence-electron chi connectivity index (χ1n) is 8.80. The van der Waals surface area contributed by atoms with E-state index < -0.39 is 0 Å². The number of hydrogen-bond donors (Lipinski definition) is 3. The number of hydrogen-bond acceptors (Lipinski definition) is 3. The first-order chi connectivity index (χ1) is 9.68. The lowest BCUT2D eigenvalue weighted by molar-refractivity contribution is 0.402. The van der Waals surface area contributed by atoms with Crippen molar-refractivity contribution in [3.05, 3.63) is 0 Å². The summed E-state index contributed by atoms with van der Waals surface area (Å²) in [5.41, 5.74) is 0. The van der Waals surface area contributed by atoms with Crippen LogP contribution in [0.15, 0.2) is 0 Å². The molecule has 3 rings (SSSR count). The summed E-state index contributed by atoms with van der Waals surface area (Å²) in [6, 6.07) is 0. The van der Waals surface area contributed by atoms with Gasteiger partial charge >= 0.3 is 0 Å². The second-order valence-corrected chi connectivity index (χ2v) is 6.98. The molecule has 3 N–H and O–H groups in total. The van der Waals surface area contributed by atoms with Crippen LogP contribution in [-0.2, 0) is 0 Å². The van der Waals surface area contributed by atoms with Crippen molar-refractivity contribution in [2.24, 2.45) is 17.8 Å². The molecular formula is C17H37N3. The Bertz CT molecular complexity index is 186. The zero-order valence-corrected chi connectivity index (χ0v) is 14.0. The van der Waals surface area contributed by atoms with Crippen LogP contribution in [0.1, 0.15) is 52.9 Å². The molecule has 0 aliphatic carbocycles. The van der Waals surface area contributed by atoms with Crippen LogP contribution in [0.4, 0.5) is 0 Å². The summed E-state index contributed by atoms with van der Waals surface area (Å²) in [5.74, 6) is 2.83. The van der Waals surface area contributed by atoms with Crippen molar-refractivity contribution in [3.63, 3.8) is 0 Å². The molecule has 3 aliphatic heterocycles. The van der Waals surface area contributed by atoms with Gasteiger partial charge in [0.25, 0.3) is 0 Å². The van der Waals surface area contributed by atoms with Gasteiger partial charge in [0.1, 0.15) is 0 Å². The van der Waals surface area contributed by atoms with Crippen molar-refractivity contribution in [2.45, 2.75) is 52.9 Å². The average molecular weight is 284 g/mol. The maximum absolute atomic E-state index is 3.33. The molecule has 3 aliphatic rings. The van der Waals surface area contributed by atoms with E-state index >= 15 is 0 Å². The highest BCUT2D eigenvalue weighted by atomic mass is 14.9. The fraction of sp³-hybridized carbons (Fsp3) is 1.00. The molecule has 120 valence electrons. The van der Waals surface area contributed by atoms with Crippen LogP contribution in [0.3, 0.4) is 0 Å². The molecule has 0 aromatic rings. The van der Waals surface area contributed by atoms with E-state index in [2.05, 4.69) is 36.7 Å². The first-order valence-corrected chi connectivity index (χ1v) is 8.80. The Labute approximate surface area is 126 Å². The van der Waals surface area contributed by atoms with Crippen molar-refractivity contribution in [3.8, 4) is 0 Å². The molecule has 3 heteroatoms. The van der Waals surface area contributed by atoms with E-state index in [1.807, 2.05) is 0 Å². The smallest absolute Gasteiger partial charge is 0.00227 e. The molecule has 0 radical (unpaired) electrons. The second-order valence-electron chi connectivity index (χ2n) is 6.98. The molecule has 20 heavy (non-hydrogen) atoms. The summed E-state index contributed by atoms with van der Waals surface area (Å²) in [5, 5.41) is 9.92. The summed E-state index contributed by atoms with van der Waals surface area (Å²) < 4.78 is 0. The van der Waals surface area contributed by atoms with E-state index in [1.165, 1.54) is 71.4 Å². The Morgan fingerprint density at radius 3 is 1.30 bits per heavy atom. The topological polar surface area (TPSA) is 36.1 Å². The van der Waals surface area contributed by atoms with Gasteiger partial charge in [-0.2, -0.15) is 0 Å². The quantitative estimate of drug-likeness (QED) is 0.639. The molecule has 2 atom stereocenters. The fourth-order valence-electron chi connectivity index (χ4n) is 2.79. The van der Waals surface area contributed by atoms with Gasteiger partial charge in [-0.1, -0.05) is 20.8 Å². The van der Waals surface area contributed by atoms with Crippen LogP contribution in [0.2, 0.25) is 0 Å². The van der Waals surface area contributed by atoms with Gasteiger partial charge in [-0.05, 0) is 89.1 Å². The average Bonchev–Trinajstić information content (AvgIpc) is 2.93. The Balaban J connectivity index is 0.000000151. The van der Waals surface area contributed by atoms with Crippen molar-refractivity contribution in [1.82, 2.24) is 16.0 Å². The van der Waals surface area contributed by atoms with Crippen LogP contribution >= 0.6 is 0 Å². The minimum absolute atomic E-state index is 0.925. The van der Waals surface area contributed by atoms with Gasteiger partial charge in [0, 0.05) is 0 Å². The minimum Gasteiger partial charge on any atom is -0.317 e. The van der Waals surface area contributed by atoms with E-state index in [-0.39, 0.29) is 0 Å². The molecule has 3 saturated heterocycles. The molecule has 2 unspecified atom stereocenters. The predicted molar refractivity (Wildman–Crippen MR) is 89.2 cm³/mol. The van der Waals surface area contributed by atoms with Crippen LogP contribution in [-0.4, -0.2) is 39.3 Å². The van der Waals surface area contributed by atoms with Gasteiger partial charge in [0.15, 0.2) is 0 Å². The second kappa shape index (κ2) is 11.5. The Morgan fingerprint density at radius 1 is 0.550 bits per heavy atom. The standard InChI is InChI=1S/2C6H13N.C5H11N/c1-6-2-4-7-5-3-6;1-6-3-2-4-7-5-6;1-5-2-3-6-4-5/h2*6-7H,2-5H2,1H3;5-6H,2-4H2,1H3. The van der Waals surface area contributed by atoms with E-state index in [0.29, 0.717) is 0 Å². The third-order valence-corrected chi connectivity index (χ3v) is 4.48. The molecule has 0 saturated carbocycles. The van der Waals surface area contributed by atoms with E-state index in [9.17, 15) is 0 Å². The Morgan fingerprint density at radius 2 is 1.05 bits per heavy atom. The molecule has 3 fully saturated rings. The number of piperidine rings is 2. The molecule has 0 aromatic carbocycles. The van der Waals surface area contributed by atoms with Gasteiger partial charge in [-0.15, -0.1) is 0 Å². The maximum Gasteiger partial charge on any atom is -0.00227 e. The third-order valence-electron chi connectivity index (χ3n) is 4.48. The van der Waals surface area contributed by atoms with E-state index in [0.717, 1.165) is 17.8 Å². The highest BCUT2D eigenvalue weighted by molar-refractivity contribution is 4.65. The van der Waals surface area contributed by atoms with Crippen molar-refractivity contribution in [2.75, 3.05) is 39.3 Å². The van der Waals surface area contributed by atoms with Gasteiger partial charge in [-0.25, -0.2) is 0 Å². The summed E-state index contributed by atoms with van der Waals surface area (Å²) in [6.45, 7) is 14.3. The molecule has 3 nitrogen and oxygen atoms in total. The predicted octanol–water partition coefficient (Wildman–Crippen LogP) is 2.63. The van der Waals surface area contributed by atoms with Crippen LogP contribution in [0, 0.1) is 17.8 Å². The Hall–Kier alpha value is -0.120. The lowest BCUT2D eigenvalue weighted by atomic mass is 10.0. The lowest BCUT2D eigenvalue weighted by Gasteiger charge is -2.17. The van der Waals surface area contributed by atoms with Crippen molar-refractivity contribution < 1.29 is 0 Å². The summed E-state index contributed by atoms with van der Waals surface area (Å²) in [6.07, 6.45) is 6.92. The third kappa shape index (κ3) is 9.73. The zero-order chi connectivity index (χ0) is 14.6. The molecule has 0 bridgehead atoms. The molecule has 0 spiro atoms. The van der Waals surface area contributed by atoms with Crippen LogP contribution < -0.4 is 16.0 Å². The minimum atomic E-state index is 0.925.